The molecule has 1 aromatic rings. The Morgan fingerprint density at radius 2 is 2.05 bits per heavy atom. The highest BCUT2D eigenvalue weighted by molar-refractivity contribution is 7.13. The van der Waals surface area contributed by atoms with Crippen molar-refractivity contribution in [3.8, 4) is 0 Å². The first kappa shape index (κ1) is 15.5. The predicted octanol–water partition coefficient (Wildman–Crippen LogP) is 2.53. The molecule has 0 bridgehead atoms. The number of nitrogens with zero attached hydrogens (tertiary/aromatic N) is 1. The molecule has 120 valence electrons. The number of hydrogen-bond donors (Lipinski definition) is 1. The number of aryl methyl sites for hydroxylation is 1. The molecular formula is C16H21FN2O2S. The van der Waals surface area contributed by atoms with Gasteiger partial charge in [-0.3, -0.25) is 9.59 Å². The molecule has 4 nitrogen and oxygen atoms in total. The zero-order chi connectivity index (χ0) is 15.7. The van der Waals surface area contributed by atoms with E-state index in [1.54, 1.807) is 4.90 Å². The van der Waals surface area contributed by atoms with Crippen molar-refractivity contribution >= 4 is 23.2 Å². The lowest BCUT2D eigenvalue weighted by Gasteiger charge is -2.35. The fourth-order valence-corrected chi connectivity index (χ4v) is 3.55. The summed E-state index contributed by atoms with van der Waals surface area (Å²) < 4.78 is 14.7. The van der Waals surface area contributed by atoms with Crippen LogP contribution in [0.2, 0.25) is 0 Å². The minimum absolute atomic E-state index is 0.0569. The summed E-state index contributed by atoms with van der Waals surface area (Å²) in [5, 5.41) is 2.72. The second-order valence-corrected chi connectivity index (χ2v) is 7.61. The minimum atomic E-state index is -1.82. The van der Waals surface area contributed by atoms with Crippen molar-refractivity contribution in [3.05, 3.63) is 21.9 Å². The van der Waals surface area contributed by atoms with Crippen LogP contribution in [0.15, 0.2) is 12.1 Å². The summed E-state index contributed by atoms with van der Waals surface area (Å²) in [5.74, 6) is -0.0201. The molecule has 2 aliphatic rings. The Morgan fingerprint density at radius 3 is 2.59 bits per heavy atom. The molecule has 1 N–H and O–H groups in total. The Morgan fingerprint density at radius 1 is 1.36 bits per heavy atom. The second-order valence-electron chi connectivity index (χ2n) is 6.32. The molecule has 2 fully saturated rings. The Hall–Kier alpha value is -1.43. The van der Waals surface area contributed by atoms with E-state index in [1.807, 2.05) is 19.1 Å². The molecule has 1 aromatic heterocycles. The standard InChI is InChI=1S/C16H21FN2O2S/c1-11-2-5-13(22-11)14(20)19-8-6-16(17,7-9-19)15(21)18-10-12-3-4-12/h2,5,12H,3-4,6-10H2,1H3,(H,18,21). The third-order valence-corrected chi connectivity index (χ3v) is 5.44. The topological polar surface area (TPSA) is 49.4 Å². The number of hydrogen-bond acceptors (Lipinski definition) is 3. The molecule has 0 atom stereocenters. The summed E-state index contributed by atoms with van der Waals surface area (Å²) in [4.78, 5) is 27.8. The molecule has 0 aromatic carbocycles. The van der Waals surface area contributed by atoms with Crippen LogP contribution in [-0.4, -0.2) is 42.0 Å². The summed E-state index contributed by atoms with van der Waals surface area (Å²) in [5.41, 5.74) is -1.82. The zero-order valence-corrected chi connectivity index (χ0v) is 13.5. The van der Waals surface area contributed by atoms with E-state index in [9.17, 15) is 14.0 Å². The third-order valence-electron chi connectivity index (χ3n) is 4.45. The summed E-state index contributed by atoms with van der Waals surface area (Å²) >= 11 is 1.45. The number of alkyl halides is 1. The minimum Gasteiger partial charge on any atom is -0.353 e. The monoisotopic (exact) mass is 324 g/mol. The van der Waals surface area contributed by atoms with Gasteiger partial charge in [0.05, 0.1) is 4.88 Å². The van der Waals surface area contributed by atoms with E-state index in [-0.39, 0.29) is 18.7 Å². The van der Waals surface area contributed by atoms with Crippen LogP contribution in [0.25, 0.3) is 0 Å². The number of piperidine rings is 1. The maximum Gasteiger partial charge on any atom is 0.263 e. The van der Waals surface area contributed by atoms with Gasteiger partial charge in [-0.2, -0.15) is 0 Å². The fourth-order valence-electron chi connectivity index (χ4n) is 2.71. The number of amides is 2. The molecule has 0 radical (unpaired) electrons. The SMILES string of the molecule is Cc1ccc(C(=O)N2CCC(F)(C(=O)NCC3CC3)CC2)s1. The molecule has 1 saturated heterocycles. The van der Waals surface area contributed by atoms with Crippen LogP contribution < -0.4 is 5.32 Å². The first-order valence-electron chi connectivity index (χ1n) is 7.81. The van der Waals surface area contributed by atoms with Gasteiger partial charge in [0, 0.05) is 37.4 Å². The second kappa shape index (κ2) is 5.99. The number of nitrogens with one attached hydrogen (secondary N) is 1. The van der Waals surface area contributed by atoms with Crippen LogP contribution in [0.3, 0.4) is 0 Å². The maximum atomic E-state index is 14.7. The van der Waals surface area contributed by atoms with Gasteiger partial charge in [0.15, 0.2) is 5.67 Å². The highest BCUT2D eigenvalue weighted by Crippen LogP contribution is 2.30. The Labute approximate surface area is 133 Å². The van der Waals surface area contributed by atoms with Crippen LogP contribution >= 0.6 is 11.3 Å². The van der Waals surface area contributed by atoms with E-state index in [0.717, 1.165) is 17.7 Å². The first-order chi connectivity index (χ1) is 10.5. The molecule has 0 spiro atoms. The van der Waals surface area contributed by atoms with Crippen molar-refractivity contribution in [1.29, 1.82) is 0 Å². The number of halogens is 1. The van der Waals surface area contributed by atoms with E-state index in [4.69, 9.17) is 0 Å². The van der Waals surface area contributed by atoms with E-state index in [0.29, 0.717) is 30.4 Å². The van der Waals surface area contributed by atoms with Crippen molar-refractivity contribution in [2.75, 3.05) is 19.6 Å². The molecule has 1 aliphatic heterocycles. The van der Waals surface area contributed by atoms with Crippen molar-refractivity contribution in [1.82, 2.24) is 10.2 Å². The summed E-state index contributed by atoms with van der Waals surface area (Å²) in [6, 6.07) is 3.72. The number of thiophene rings is 1. The lowest BCUT2D eigenvalue weighted by atomic mass is 9.92. The van der Waals surface area contributed by atoms with E-state index in [1.165, 1.54) is 11.3 Å². The van der Waals surface area contributed by atoms with Gasteiger partial charge in [-0.05, 0) is 37.8 Å². The molecule has 3 rings (SSSR count). The van der Waals surface area contributed by atoms with E-state index in [2.05, 4.69) is 5.32 Å². The molecular weight excluding hydrogens is 303 g/mol. The number of likely N-dealkylation sites (tertiary alicyclic amines) is 1. The lowest BCUT2D eigenvalue weighted by molar-refractivity contribution is -0.135. The average Bonchev–Trinajstić information content (AvgIpc) is 3.24. The molecule has 1 saturated carbocycles. The van der Waals surface area contributed by atoms with Crippen molar-refractivity contribution in [2.24, 2.45) is 5.92 Å². The van der Waals surface area contributed by atoms with Gasteiger partial charge in [0.25, 0.3) is 11.8 Å². The van der Waals surface area contributed by atoms with Crippen LogP contribution in [0.5, 0.6) is 0 Å². The highest BCUT2D eigenvalue weighted by atomic mass is 32.1. The third kappa shape index (κ3) is 3.32. The Bertz CT molecular complexity index is 574. The lowest BCUT2D eigenvalue weighted by Crippen LogP contribution is -2.52. The molecule has 2 heterocycles. The molecule has 22 heavy (non-hydrogen) atoms. The van der Waals surface area contributed by atoms with Crippen LogP contribution in [0.4, 0.5) is 4.39 Å². The fraction of sp³-hybridized carbons (Fsp3) is 0.625. The van der Waals surface area contributed by atoms with Gasteiger partial charge in [0.1, 0.15) is 0 Å². The first-order valence-corrected chi connectivity index (χ1v) is 8.62. The highest BCUT2D eigenvalue weighted by Gasteiger charge is 2.43. The zero-order valence-electron chi connectivity index (χ0n) is 12.7. The van der Waals surface area contributed by atoms with Crippen molar-refractivity contribution < 1.29 is 14.0 Å². The smallest absolute Gasteiger partial charge is 0.263 e. The number of carbonyl (C=O) groups is 2. The van der Waals surface area contributed by atoms with Gasteiger partial charge in [-0.25, -0.2) is 4.39 Å². The van der Waals surface area contributed by atoms with Gasteiger partial charge in [0.2, 0.25) is 0 Å². The van der Waals surface area contributed by atoms with Crippen molar-refractivity contribution in [2.45, 2.75) is 38.3 Å². The quantitative estimate of drug-likeness (QED) is 0.925. The largest absolute Gasteiger partial charge is 0.353 e. The summed E-state index contributed by atoms with van der Waals surface area (Å²) in [6.45, 7) is 3.13. The summed E-state index contributed by atoms with van der Waals surface area (Å²) in [6.07, 6.45) is 2.42. The maximum absolute atomic E-state index is 14.7. The number of rotatable bonds is 4. The van der Waals surface area contributed by atoms with E-state index < -0.39 is 11.6 Å². The molecule has 6 heteroatoms. The van der Waals surface area contributed by atoms with Gasteiger partial charge >= 0.3 is 0 Å². The van der Waals surface area contributed by atoms with Crippen LogP contribution in [0.1, 0.15) is 40.2 Å². The normalized spacial score (nSPS) is 20.7. The number of carbonyl (C=O) groups excluding carboxylic acids is 2. The molecule has 1 aliphatic carbocycles. The van der Waals surface area contributed by atoms with Crippen molar-refractivity contribution in [3.63, 3.8) is 0 Å². The summed E-state index contributed by atoms with van der Waals surface area (Å²) in [7, 11) is 0. The predicted molar refractivity (Wildman–Crippen MR) is 83.8 cm³/mol. The van der Waals surface area contributed by atoms with Gasteiger partial charge in [-0.15, -0.1) is 11.3 Å². The van der Waals surface area contributed by atoms with Gasteiger partial charge in [-0.1, -0.05) is 0 Å². The van der Waals surface area contributed by atoms with Crippen LogP contribution in [0, 0.1) is 12.8 Å². The molecule has 2 amide bonds. The average molecular weight is 324 g/mol. The van der Waals surface area contributed by atoms with E-state index >= 15 is 0 Å². The Balaban J connectivity index is 1.54. The van der Waals surface area contributed by atoms with Gasteiger partial charge < -0.3 is 10.2 Å². The van der Waals surface area contributed by atoms with Crippen LogP contribution in [-0.2, 0) is 4.79 Å². The molecule has 0 unspecified atom stereocenters. The Kier molecular flexibility index (Phi) is 4.21.